The van der Waals surface area contributed by atoms with Gasteiger partial charge in [-0.3, -0.25) is 9.69 Å². The highest BCUT2D eigenvalue weighted by Crippen LogP contribution is 2.27. The van der Waals surface area contributed by atoms with E-state index in [1.807, 2.05) is 6.92 Å². The molecule has 2 rings (SSSR count). The van der Waals surface area contributed by atoms with Crippen molar-refractivity contribution in [2.75, 3.05) is 13.1 Å². The fourth-order valence-corrected chi connectivity index (χ4v) is 3.66. The Kier molecular flexibility index (Phi) is 5.85. The average Bonchev–Trinajstić information content (AvgIpc) is 2.87. The highest BCUT2D eigenvalue weighted by Gasteiger charge is 2.36. The third-order valence-electron chi connectivity index (χ3n) is 5.05. The van der Waals surface area contributed by atoms with Gasteiger partial charge in [0.15, 0.2) is 0 Å². The number of fused-ring (bicyclic) bond motifs is 1. The van der Waals surface area contributed by atoms with Gasteiger partial charge in [0.25, 0.3) is 0 Å². The van der Waals surface area contributed by atoms with Crippen LogP contribution in [-0.4, -0.2) is 48.1 Å². The minimum absolute atomic E-state index is 0.0810. The number of nitrogens with one attached hydrogen (secondary N) is 2. The molecule has 116 valence electrons. The molecule has 0 bridgehead atoms. The van der Waals surface area contributed by atoms with E-state index in [-0.39, 0.29) is 11.9 Å². The SMILES string of the molecule is CCC(CC)NC(=O)C(C)NC1CCN2CCCCC12. The first-order valence-electron chi connectivity index (χ1n) is 8.46. The summed E-state index contributed by atoms with van der Waals surface area (Å²) in [5.74, 6) is 0.160. The van der Waals surface area contributed by atoms with Crippen molar-refractivity contribution < 1.29 is 4.79 Å². The quantitative estimate of drug-likeness (QED) is 0.781. The van der Waals surface area contributed by atoms with E-state index in [1.54, 1.807) is 0 Å². The number of rotatable bonds is 6. The summed E-state index contributed by atoms with van der Waals surface area (Å²) in [4.78, 5) is 14.8. The fraction of sp³-hybridized carbons (Fsp3) is 0.938. The second kappa shape index (κ2) is 7.41. The van der Waals surface area contributed by atoms with Gasteiger partial charge in [0.05, 0.1) is 6.04 Å². The summed E-state index contributed by atoms with van der Waals surface area (Å²) in [5, 5.41) is 6.72. The summed E-state index contributed by atoms with van der Waals surface area (Å²) in [6.07, 6.45) is 7.18. The van der Waals surface area contributed by atoms with Crippen molar-refractivity contribution in [3.63, 3.8) is 0 Å². The molecule has 0 saturated carbocycles. The van der Waals surface area contributed by atoms with Crippen molar-refractivity contribution in [1.29, 1.82) is 0 Å². The summed E-state index contributed by atoms with van der Waals surface area (Å²) in [5.41, 5.74) is 0. The summed E-state index contributed by atoms with van der Waals surface area (Å²) in [6.45, 7) is 8.70. The van der Waals surface area contributed by atoms with Gasteiger partial charge in [-0.15, -0.1) is 0 Å². The van der Waals surface area contributed by atoms with Crippen LogP contribution < -0.4 is 10.6 Å². The molecule has 0 radical (unpaired) electrons. The predicted octanol–water partition coefficient (Wildman–Crippen LogP) is 1.90. The molecule has 0 aromatic carbocycles. The smallest absolute Gasteiger partial charge is 0.237 e. The molecule has 4 heteroatoms. The third kappa shape index (κ3) is 3.73. The minimum Gasteiger partial charge on any atom is -0.352 e. The Morgan fingerprint density at radius 2 is 1.95 bits per heavy atom. The van der Waals surface area contributed by atoms with Gasteiger partial charge in [0.1, 0.15) is 0 Å². The van der Waals surface area contributed by atoms with Gasteiger partial charge < -0.3 is 10.6 Å². The fourth-order valence-electron chi connectivity index (χ4n) is 3.66. The van der Waals surface area contributed by atoms with Gasteiger partial charge in [-0.25, -0.2) is 0 Å². The number of piperidine rings is 1. The zero-order valence-corrected chi connectivity index (χ0v) is 13.3. The molecule has 1 amide bonds. The zero-order valence-electron chi connectivity index (χ0n) is 13.3. The maximum Gasteiger partial charge on any atom is 0.237 e. The lowest BCUT2D eigenvalue weighted by atomic mass is 9.98. The largest absolute Gasteiger partial charge is 0.352 e. The number of carbonyl (C=O) groups excluding carboxylic acids is 1. The summed E-state index contributed by atoms with van der Waals surface area (Å²) in [6, 6.07) is 1.40. The summed E-state index contributed by atoms with van der Waals surface area (Å²) >= 11 is 0. The lowest BCUT2D eigenvalue weighted by molar-refractivity contribution is -0.123. The van der Waals surface area contributed by atoms with E-state index in [1.165, 1.54) is 38.8 Å². The molecular weight excluding hydrogens is 250 g/mol. The van der Waals surface area contributed by atoms with E-state index < -0.39 is 0 Å². The van der Waals surface area contributed by atoms with E-state index in [0.29, 0.717) is 18.1 Å². The standard InChI is InChI=1S/C16H31N3O/c1-4-13(5-2)18-16(20)12(3)17-14-9-11-19-10-7-6-8-15(14)19/h12-15,17H,4-11H2,1-3H3,(H,18,20). The molecular formula is C16H31N3O. The average molecular weight is 281 g/mol. The molecule has 2 saturated heterocycles. The molecule has 0 aromatic heterocycles. The van der Waals surface area contributed by atoms with E-state index >= 15 is 0 Å². The molecule has 2 aliphatic rings. The van der Waals surface area contributed by atoms with Crippen molar-refractivity contribution >= 4 is 5.91 Å². The van der Waals surface area contributed by atoms with E-state index in [9.17, 15) is 4.79 Å². The van der Waals surface area contributed by atoms with Gasteiger partial charge in [0, 0.05) is 24.7 Å². The molecule has 2 aliphatic heterocycles. The molecule has 0 aromatic rings. The van der Waals surface area contributed by atoms with Crippen LogP contribution in [0.5, 0.6) is 0 Å². The van der Waals surface area contributed by atoms with Gasteiger partial charge in [-0.2, -0.15) is 0 Å². The molecule has 20 heavy (non-hydrogen) atoms. The number of nitrogens with zero attached hydrogens (tertiary/aromatic N) is 1. The van der Waals surface area contributed by atoms with Crippen LogP contribution >= 0.6 is 0 Å². The van der Waals surface area contributed by atoms with Gasteiger partial charge >= 0.3 is 0 Å². The summed E-state index contributed by atoms with van der Waals surface area (Å²) in [7, 11) is 0. The first kappa shape index (κ1) is 15.8. The van der Waals surface area contributed by atoms with E-state index in [0.717, 1.165) is 12.8 Å². The van der Waals surface area contributed by atoms with E-state index in [4.69, 9.17) is 0 Å². The number of amides is 1. The topological polar surface area (TPSA) is 44.4 Å². The Balaban J connectivity index is 1.81. The summed E-state index contributed by atoms with van der Waals surface area (Å²) < 4.78 is 0. The monoisotopic (exact) mass is 281 g/mol. The van der Waals surface area contributed by atoms with Crippen LogP contribution in [0.4, 0.5) is 0 Å². The van der Waals surface area contributed by atoms with Crippen molar-refractivity contribution in [2.24, 2.45) is 0 Å². The molecule has 2 N–H and O–H groups in total. The Hall–Kier alpha value is -0.610. The lowest BCUT2D eigenvalue weighted by Gasteiger charge is -2.33. The van der Waals surface area contributed by atoms with Gasteiger partial charge in [0.2, 0.25) is 5.91 Å². The van der Waals surface area contributed by atoms with E-state index in [2.05, 4.69) is 29.4 Å². The first-order valence-corrected chi connectivity index (χ1v) is 8.46. The maximum absolute atomic E-state index is 12.2. The molecule has 0 spiro atoms. The maximum atomic E-state index is 12.2. The minimum atomic E-state index is -0.0810. The molecule has 2 fully saturated rings. The van der Waals surface area contributed by atoms with Gasteiger partial charge in [-0.05, 0) is 45.6 Å². The van der Waals surface area contributed by atoms with Crippen LogP contribution in [0, 0.1) is 0 Å². The zero-order chi connectivity index (χ0) is 14.5. The third-order valence-corrected chi connectivity index (χ3v) is 5.05. The molecule has 4 nitrogen and oxygen atoms in total. The van der Waals surface area contributed by atoms with Crippen LogP contribution in [0.2, 0.25) is 0 Å². The Morgan fingerprint density at radius 1 is 1.20 bits per heavy atom. The van der Waals surface area contributed by atoms with Crippen LogP contribution in [0.15, 0.2) is 0 Å². The number of carbonyl (C=O) groups is 1. The van der Waals surface area contributed by atoms with Crippen molar-refractivity contribution in [3.05, 3.63) is 0 Å². The predicted molar refractivity (Wildman–Crippen MR) is 82.7 cm³/mol. The van der Waals surface area contributed by atoms with Crippen molar-refractivity contribution in [1.82, 2.24) is 15.5 Å². The molecule has 0 aliphatic carbocycles. The van der Waals surface area contributed by atoms with Crippen LogP contribution in [-0.2, 0) is 4.79 Å². The Bertz CT molecular complexity index is 317. The molecule has 2 heterocycles. The highest BCUT2D eigenvalue weighted by atomic mass is 16.2. The number of hydrogen-bond acceptors (Lipinski definition) is 3. The second-order valence-corrected chi connectivity index (χ2v) is 6.40. The Labute approximate surface area is 123 Å². The Morgan fingerprint density at radius 3 is 2.65 bits per heavy atom. The highest BCUT2D eigenvalue weighted by molar-refractivity contribution is 5.81. The normalized spacial score (nSPS) is 28.4. The van der Waals surface area contributed by atoms with Crippen molar-refractivity contribution in [2.45, 2.75) is 83.5 Å². The van der Waals surface area contributed by atoms with Crippen molar-refractivity contribution in [3.8, 4) is 0 Å². The van der Waals surface area contributed by atoms with Crippen LogP contribution in [0.25, 0.3) is 0 Å². The van der Waals surface area contributed by atoms with Gasteiger partial charge in [-0.1, -0.05) is 20.3 Å². The molecule has 3 unspecified atom stereocenters. The molecule has 3 atom stereocenters. The first-order chi connectivity index (χ1) is 9.65. The number of hydrogen-bond donors (Lipinski definition) is 2. The second-order valence-electron chi connectivity index (χ2n) is 6.40. The van der Waals surface area contributed by atoms with Crippen LogP contribution in [0.1, 0.15) is 59.3 Å². The van der Waals surface area contributed by atoms with Crippen LogP contribution in [0.3, 0.4) is 0 Å². The lowest BCUT2D eigenvalue weighted by Crippen LogP contribution is -2.53.